The average molecular weight is 450 g/mol. The van der Waals surface area contributed by atoms with Gasteiger partial charge in [0.25, 0.3) is 5.95 Å². The third-order valence-electron chi connectivity index (χ3n) is 4.76. The molecule has 0 amide bonds. The van der Waals surface area contributed by atoms with E-state index in [1.165, 1.54) is 25.6 Å². The molecule has 0 fully saturated rings. The van der Waals surface area contributed by atoms with Crippen LogP contribution in [0.3, 0.4) is 0 Å². The van der Waals surface area contributed by atoms with Crippen molar-refractivity contribution in [3.05, 3.63) is 88.1 Å². The fraction of sp³-hybridized carbons (Fsp3) is 0.0952. The number of aromatic amines is 1. The summed E-state index contributed by atoms with van der Waals surface area (Å²) in [5, 5.41) is 24.9. The summed E-state index contributed by atoms with van der Waals surface area (Å²) in [5.41, 5.74) is 5.84. The first-order valence-corrected chi connectivity index (χ1v) is 9.61. The second-order valence-corrected chi connectivity index (χ2v) is 6.89. The first-order chi connectivity index (χ1) is 15.9. The Bertz CT molecular complexity index is 1350. The van der Waals surface area contributed by atoms with Crippen molar-refractivity contribution >= 4 is 11.5 Å². The molecule has 0 saturated heterocycles. The number of ether oxygens (including phenoxy) is 1. The molecule has 0 aliphatic carbocycles. The van der Waals surface area contributed by atoms with Gasteiger partial charge >= 0.3 is 5.69 Å². The molecule has 168 valence electrons. The topological polar surface area (TPSA) is 168 Å². The Labute approximate surface area is 186 Å². The standard InChI is InChI=1S/C21H19FN8O3/c1-33-13-9-14(16(22)15(31)10-13)17(27-12-5-3-11(4-6-12)18(23)24)19-28-21(32)30(29-19)20-25-7-2-8-26-20/h2-10,17,27,31H,1H3,(H3,23,24)(H,28,29,32)/t17-/m0/s1. The van der Waals surface area contributed by atoms with Crippen molar-refractivity contribution in [3.63, 3.8) is 0 Å². The Morgan fingerprint density at radius 2 is 1.97 bits per heavy atom. The highest BCUT2D eigenvalue weighted by molar-refractivity contribution is 5.95. The minimum absolute atomic E-state index is 0.0302. The molecule has 4 rings (SSSR count). The molecule has 12 heteroatoms. The fourth-order valence-electron chi connectivity index (χ4n) is 3.14. The molecule has 0 radical (unpaired) electrons. The second kappa shape index (κ2) is 8.78. The summed E-state index contributed by atoms with van der Waals surface area (Å²) < 4.78 is 21.1. The minimum atomic E-state index is -1.05. The molecule has 0 unspecified atom stereocenters. The van der Waals surface area contributed by atoms with Gasteiger partial charge in [0.2, 0.25) is 0 Å². The molecule has 0 bridgehead atoms. The number of anilines is 1. The number of rotatable bonds is 7. The predicted molar refractivity (Wildman–Crippen MR) is 117 cm³/mol. The third kappa shape index (κ3) is 4.35. The Balaban J connectivity index is 1.83. The molecule has 6 N–H and O–H groups in total. The van der Waals surface area contributed by atoms with Crippen LogP contribution in [0.5, 0.6) is 11.5 Å². The van der Waals surface area contributed by atoms with Gasteiger partial charge in [-0.3, -0.25) is 10.4 Å². The van der Waals surface area contributed by atoms with Gasteiger partial charge in [-0.25, -0.2) is 19.2 Å². The molecular formula is C21H19FN8O3. The number of phenols is 1. The molecule has 0 aliphatic rings. The van der Waals surface area contributed by atoms with Gasteiger partial charge in [0, 0.05) is 35.3 Å². The number of nitrogens with zero attached hydrogens (tertiary/aromatic N) is 4. The van der Waals surface area contributed by atoms with Crippen LogP contribution in [0.4, 0.5) is 10.1 Å². The number of aromatic hydroxyl groups is 1. The average Bonchev–Trinajstić information content (AvgIpc) is 3.21. The van der Waals surface area contributed by atoms with Crippen molar-refractivity contribution in [2.45, 2.75) is 6.04 Å². The zero-order valence-electron chi connectivity index (χ0n) is 17.3. The van der Waals surface area contributed by atoms with Gasteiger partial charge in [-0.1, -0.05) is 0 Å². The van der Waals surface area contributed by atoms with Gasteiger partial charge in [0.1, 0.15) is 17.6 Å². The fourth-order valence-corrected chi connectivity index (χ4v) is 3.14. The molecule has 0 saturated carbocycles. The number of methoxy groups -OCH3 is 1. The maximum atomic E-state index is 15.0. The Morgan fingerprint density at radius 3 is 2.61 bits per heavy atom. The van der Waals surface area contributed by atoms with Crippen LogP contribution in [-0.2, 0) is 0 Å². The first-order valence-electron chi connectivity index (χ1n) is 9.61. The Morgan fingerprint density at radius 1 is 1.27 bits per heavy atom. The molecule has 2 aromatic carbocycles. The van der Waals surface area contributed by atoms with Crippen LogP contribution in [0, 0.1) is 11.2 Å². The monoisotopic (exact) mass is 450 g/mol. The van der Waals surface area contributed by atoms with Crippen molar-refractivity contribution in [1.29, 1.82) is 5.41 Å². The normalized spacial score (nSPS) is 11.7. The van der Waals surface area contributed by atoms with E-state index in [1.807, 2.05) is 0 Å². The number of hydrogen-bond acceptors (Lipinski definition) is 8. The Hall–Kier alpha value is -4.74. The van der Waals surface area contributed by atoms with Crippen LogP contribution in [0.25, 0.3) is 5.95 Å². The van der Waals surface area contributed by atoms with Crippen LogP contribution in [0.2, 0.25) is 0 Å². The first kappa shape index (κ1) is 21.5. The lowest BCUT2D eigenvalue weighted by Gasteiger charge is -2.20. The molecule has 4 aromatic rings. The van der Waals surface area contributed by atoms with Gasteiger partial charge in [-0.05, 0) is 36.4 Å². The van der Waals surface area contributed by atoms with Crippen LogP contribution < -0.4 is 21.5 Å². The highest BCUT2D eigenvalue weighted by Gasteiger charge is 2.26. The van der Waals surface area contributed by atoms with Crippen molar-refractivity contribution in [1.82, 2.24) is 24.7 Å². The molecule has 0 aliphatic heterocycles. The van der Waals surface area contributed by atoms with Gasteiger partial charge < -0.3 is 20.9 Å². The van der Waals surface area contributed by atoms with Gasteiger partial charge in [-0.15, -0.1) is 9.78 Å². The molecule has 11 nitrogen and oxygen atoms in total. The number of halogens is 1. The quantitative estimate of drug-likeness (QED) is 0.209. The maximum absolute atomic E-state index is 15.0. The van der Waals surface area contributed by atoms with E-state index < -0.39 is 23.3 Å². The summed E-state index contributed by atoms with van der Waals surface area (Å²) in [6.45, 7) is 0. The van der Waals surface area contributed by atoms with Crippen molar-refractivity contribution in [3.8, 4) is 17.4 Å². The molecule has 33 heavy (non-hydrogen) atoms. The number of nitrogens with two attached hydrogens (primary N) is 1. The van der Waals surface area contributed by atoms with Crippen LogP contribution in [0.1, 0.15) is 23.0 Å². The van der Waals surface area contributed by atoms with E-state index >= 15 is 4.39 Å². The SMILES string of the molecule is COc1cc(O)c(F)c([C@H](Nc2ccc(C(=N)N)cc2)c2nn(-c3ncccn3)c(=O)[nH]2)c1. The van der Waals surface area contributed by atoms with E-state index in [0.29, 0.717) is 11.3 Å². The van der Waals surface area contributed by atoms with Crippen LogP contribution >= 0.6 is 0 Å². The zero-order chi connectivity index (χ0) is 23.5. The molecule has 2 heterocycles. The summed E-state index contributed by atoms with van der Waals surface area (Å²) in [5.74, 6) is -1.38. The lowest BCUT2D eigenvalue weighted by atomic mass is 10.0. The summed E-state index contributed by atoms with van der Waals surface area (Å²) in [6.07, 6.45) is 2.91. The maximum Gasteiger partial charge on any atom is 0.350 e. The lowest BCUT2D eigenvalue weighted by Crippen LogP contribution is -2.18. The van der Waals surface area contributed by atoms with Crippen molar-refractivity contribution in [2.75, 3.05) is 12.4 Å². The van der Waals surface area contributed by atoms with E-state index in [1.54, 1.807) is 30.3 Å². The van der Waals surface area contributed by atoms with Crippen LogP contribution in [-0.4, -0.2) is 42.8 Å². The number of H-pyrrole nitrogens is 1. The van der Waals surface area contributed by atoms with E-state index in [2.05, 4.69) is 25.4 Å². The smallest absolute Gasteiger partial charge is 0.350 e. The van der Waals surface area contributed by atoms with Gasteiger partial charge in [0.05, 0.1) is 7.11 Å². The number of hydrogen-bond donors (Lipinski definition) is 5. The van der Waals surface area contributed by atoms with E-state index in [4.69, 9.17) is 15.9 Å². The summed E-state index contributed by atoms with van der Waals surface area (Å²) in [4.78, 5) is 23.2. The number of aromatic nitrogens is 5. The third-order valence-corrected chi connectivity index (χ3v) is 4.76. The second-order valence-electron chi connectivity index (χ2n) is 6.89. The van der Waals surface area contributed by atoms with Crippen molar-refractivity contribution < 1.29 is 14.2 Å². The molecule has 2 aromatic heterocycles. The summed E-state index contributed by atoms with van der Waals surface area (Å²) in [7, 11) is 1.38. The van der Waals surface area contributed by atoms with Crippen molar-refractivity contribution in [2.24, 2.45) is 5.73 Å². The number of benzene rings is 2. The predicted octanol–water partition coefficient (Wildman–Crippen LogP) is 1.69. The molecule has 1 atom stereocenters. The molecule has 0 spiro atoms. The summed E-state index contributed by atoms with van der Waals surface area (Å²) >= 11 is 0. The minimum Gasteiger partial charge on any atom is -0.505 e. The van der Waals surface area contributed by atoms with Gasteiger partial charge in [-0.2, -0.15) is 0 Å². The van der Waals surface area contributed by atoms with Crippen LogP contribution in [0.15, 0.2) is 59.7 Å². The number of amidine groups is 1. The number of nitrogens with one attached hydrogen (secondary N) is 3. The summed E-state index contributed by atoms with van der Waals surface area (Å²) in [6, 6.07) is 9.55. The van der Waals surface area contributed by atoms with E-state index in [9.17, 15) is 9.90 Å². The van der Waals surface area contributed by atoms with E-state index in [-0.39, 0.29) is 28.9 Å². The largest absolute Gasteiger partial charge is 0.505 e. The lowest BCUT2D eigenvalue weighted by molar-refractivity contribution is 0.393. The Kier molecular flexibility index (Phi) is 5.72. The number of phenolic OH excluding ortho intramolecular Hbond substituents is 1. The van der Waals surface area contributed by atoms with Gasteiger partial charge in [0.15, 0.2) is 17.4 Å². The van der Waals surface area contributed by atoms with E-state index in [0.717, 1.165) is 10.7 Å². The zero-order valence-corrected chi connectivity index (χ0v) is 17.3. The number of nitrogen functional groups attached to an aromatic ring is 1. The highest BCUT2D eigenvalue weighted by atomic mass is 19.1. The molecular weight excluding hydrogens is 431 g/mol. The highest BCUT2D eigenvalue weighted by Crippen LogP contribution is 2.34.